The van der Waals surface area contributed by atoms with Gasteiger partial charge in [0.15, 0.2) is 0 Å². The van der Waals surface area contributed by atoms with Gasteiger partial charge in [0, 0.05) is 12.6 Å². The quantitative estimate of drug-likeness (QED) is 0.715. The minimum absolute atomic E-state index is 0.0969. The van der Waals surface area contributed by atoms with Crippen LogP contribution in [0.4, 0.5) is 0 Å². The van der Waals surface area contributed by atoms with Crippen LogP contribution in [0.25, 0.3) is 0 Å². The van der Waals surface area contributed by atoms with Crippen LogP contribution in [0.2, 0.25) is 0 Å². The topological polar surface area (TPSA) is 41.6 Å². The number of hydrogen-bond donors (Lipinski definition) is 1. The Balaban J connectivity index is 1.98. The third kappa shape index (κ3) is 3.29. The molecule has 0 radical (unpaired) electrons. The van der Waals surface area contributed by atoms with Gasteiger partial charge in [-0.3, -0.25) is 4.79 Å². The highest BCUT2D eigenvalue weighted by molar-refractivity contribution is 5.81. The maximum atomic E-state index is 12.0. The van der Waals surface area contributed by atoms with Crippen LogP contribution in [0, 0.1) is 5.92 Å². The lowest BCUT2D eigenvalue weighted by Gasteiger charge is -2.31. The van der Waals surface area contributed by atoms with Gasteiger partial charge in [0.1, 0.15) is 5.54 Å². The van der Waals surface area contributed by atoms with Crippen LogP contribution in [0.1, 0.15) is 45.4 Å². The van der Waals surface area contributed by atoms with Crippen molar-refractivity contribution in [1.29, 1.82) is 0 Å². The molecular weight excluding hydrogens is 240 g/mol. The Morgan fingerprint density at radius 2 is 2.16 bits per heavy atom. The largest absolute Gasteiger partial charge is 0.468 e. The van der Waals surface area contributed by atoms with Crippen molar-refractivity contribution in [3.05, 3.63) is 0 Å². The number of carbonyl (C=O) groups is 1. The molecule has 2 fully saturated rings. The first-order valence-electron chi connectivity index (χ1n) is 7.66. The van der Waals surface area contributed by atoms with Gasteiger partial charge in [0.2, 0.25) is 0 Å². The molecule has 0 aliphatic heterocycles. The van der Waals surface area contributed by atoms with Crippen molar-refractivity contribution in [3.63, 3.8) is 0 Å². The molecule has 2 aliphatic carbocycles. The molecule has 0 saturated heterocycles. The Labute approximate surface area is 116 Å². The number of esters is 1. The van der Waals surface area contributed by atoms with Gasteiger partial charge in [-0.05, 0) is 58.0 Å². The van der Waals surface area contributed by atoms with Crippen molar-refractivity contribution in [3.8, 4) is 0 Å². The van der Waals surface area contributed by atoms with Crippen LogP contribution in [0.5, 0.6) is 0 Å². The molecule has 110 valence electrons. The summed E-state index contributed by atoms with van der Waals surface area (Å²) in [4.78, 5) is 14.6. The summed E-state index contributed by atoms with van der Waals surface area (Å²) < 4.78 is 4.99. The summed E-state index contributed by atoms with van der Waals surface area (Å²) >= 11 is 0. The zero-order chi connectivity index (χ0) is 13.9. The lowest BCUT2D eigenvalue weighted by molar-refractivity contribution is -0.148. The minimum Gasteiger partial charge on any atom is -0.468 e. The summed E-state index contributed by atoms with van der Waals surface area (Å²) in [5, 5.41) is 3.22. The van der Waals surface area contributed by atoms with Crippen molar-refractivity contribution in [2.75, 3.05) is 27.2 Å². The van der Waals surface area contributed by atoms with Crippen molar-refractivity contribution in [2.24, 2.45) is 5.92 Å². The Morgan fingerprint density at radius 3 is 2.68 bits per heavy atom. The third-order valence-electron chi connectivity index (χ3n) is 4.76. The van der Waals surface area contributed by atoms with E-state index in [-0.39, 0.29) is 5.97 Å². The number of hydrogen-bond acceptors (Lipinski definition) is 4. The maximum Gasteiger partial charge on any atom is 0.326 e. The van der Waals surface area contributed by atoms with Gasteiger partial charge in [-0.15, -0.1) is 0 Å². The molecule has 0 spiro atoms. The molecule has 4 nitrogen and oxygen atoms in total. The van der Waals surface area contributed by atoms with E-state index in [1.807, 2.05) is 7.05 Å². The Hall–Kier alpha value is -0.610. The third-order valence-corrected chi connectivity index (χ3v) is 4.76. The highest BCUT2D eigenvalue weighted by Gasteiger charge is 2.47. The van der Waals surface area contributed by atoms with E-state index >= 15 is 0 Å². The molecule has 0 bridgehead atoms. The number of nitrogens with zero attached hydrogens (tertiary/aromatic N) is 1. The number of nitrogens with one attached hydrogen (secondary N) is 1. The fraction of sp³-hybridized carbons (Fsp3) is 0.933. The molecule has 2 unspecified atom stereocenters. The molecule has 2 atom stereocenters. The Kier molecular flexibility index (Phi) is 4.85. The summed E-state index contributed by atoms with van der Waals surface area (Å²) in [6.45, 7) is 4.61. The van der Waals surface area contributed by atoms with E-state index < -0.39 is 5.54 Å². The van der Waals surface area contributed by atoms with E-state index in [0.29, 0.717) is 6.04 Å². The predicted octanol–water partition coefficient (Wildman–Crippen LogP) is 1.79. The molecular formula is C15H28N2O2. The monoisotopic (exact) mass is 268 g/mol. The van der Waals surface area contributed by atoms with Gasteiger partial charge in [0.25, 0.3) is 0 Å². The number of ether oxygens (including phenoxy) is 1. The fourth-order valence-corrected chi connectivity index (χ4v) is 3.38. The van der Waals surface area contributed by atoms with E-state index in [0.717, 1.165) is 31.7 Å². The van der Waals surface area contributed by atoms with Crippen molar-refractivity contribution in [2.45, 2.75) is 57.0 Å². The molecule has 2 saturated carbocycles. The first-order chi connectivity index (χ1) is 9.15. The number of methoxy groups -OCH3 is 1. The maximum absolute atomic E-state index is 12.0. The lowest BCUT2D eigenvalue weighted by atomic mass is 9.97. The zero-order valence-corrected chi connectivity index (χ0v) is 12.6. The second kappa shape index (κ2) is 6.23. The minimum atomic E-state index is -0.449. The van der Waals surface area contributed by atoms with E-state index in [4.69, 9.17) is 4.74 Å². The van der Waals surface area contributed by atoms with E-state index in [9.17, 15) is 4.79 Å². The van der Waals surface area contributed by atoms with E-state index in [1.165, 1.54) is 32.9 Å². The second-order valence-corrected chi connectivity index (χ2v) is 6.16. The van der Waals surface area contributed by atoms with Gasteiger partial charge in [-0.1, -0.05) is 6.92 Å². The van der Waals surface area contributed by atoms with Crippen LogP contribution in [0.3, 0.4) is 0 Å². The summed E-state index contributed by atoms with van der Waals surface area (Å²) in [6.07, 6.45) is 6.85. The molecule has 0 aromatic carbocycles. The highest BCUT2D eigenvalue weighted by atomic mass is 16.5. The second-order valence-electron chi connectivity index (χ2n) is 6.16. The molecule has 0 aromatic heterocycles. The smallest absolute Gasteiger partial charge is 0.326 e. The predicted molar refractivity (Wildman–Crippen MR) is 76.0 cm³/mol. The van der Waals surface area contributed by atoms with E-state index in [1.54, 1.807) is 0 Å². The highest BCUT2D eigenvalue weighted by Crippen LogP contribution is 2.37. The van der Waals surface area contributed by atoms with Gasteiger partial charge in [-0.2, -0.15) is 0 Å². The standard InChI is InChI=1S/C15H28N2O2/c1-4-9-17(11-12-5-6-12)13-7-8-15(10-13,16-2)14(18)19-3/h12-13,16H,4-11H2,1-3H3. The first kappa shape index (κ1) is 14.8. The molecule has 4 heteroatoms. The Morgan fingerprint density at radius 1 is 1.42 bits per heavy atom. The Bertz CT molecular complexity index is 317. The van der Waals surface area contributed by atoms with Gasteiger partial charge in [0.05, 0.1) is 7.11 Å². The van der Waals surface area contributed by atoms with Gasteiger partial charge >= 0.3 is 5.97 Å². The van der Waals surface area contributed by atoms with Crippen LogP contribution >= 0.6 is 0 Å². The van der Waals surface area contributed by atoms with Crippen LogP contribution in [-0.2, 0) is 9.53 Å². The van der Waals surface area contributed by atoms with Gasteiger partial charge in [-0.25, -0.2) is 0 Å². The number of carbonyl (C=O) groups excluding carboxylic acids is 1. The number of rotatable bonds is 7. The summed E-state index contributed by atoms with van der Waals surface area (Å²) in [5.41, 5.74) is -0.449. The summed E-state index contributed by atoms with van der Waals surface area (Å²) in [6, 6.07) is 0.534. The van der Waals surface area contributed by atoms with Crippen LogP contribution in [0.15, 0.2) is 0 Å². The first-order valence-corrected chi connectivity index (χ1v) is 7.66. The zero-order valence-electron chi connectivity index (χ0n) is 12.6. The van der Waals surface area contributed by atoms with E-state index in [2.05, 4.69) is 17.1 Å². The van der Waals surface area contributed by atoms with Crippen molar-refractivity contribution < 1.29 is 9.53 Å². The molecule has 0 aromatic rings. The summed E-state index contributed by atoms with van der Waals surface area (Å²) in [5.74, 6) is 0.814. The SMILES string of the molecule is CCCN(CC1CC1)C1CCC(NC)(C(=O)OC)C1. The van der Waals surface area contributed by atoms with Crippen molar-refractivity contribution in [1.82, 2.24) is 10.2 Å². The normalized spacial score (nSPS) is 30.8. The molecule has 1 N–H and O–H groups in total. The average molecular weight is 268 g/mol. The molecule has 0 amide bonds. The number of likely N-dealkylation sites (N-methyl/N-ethyl adjacent to an activating group) is 1. The van der Waals surface area contributed by atoms with Gasteiger partial charge < -0.3 is 15.0 Å². The van der Waals surface area contributed by atoms with Crippen LogP contribution in [-0.4, -0.2) is 49.7 Å². The lowest BCUT2D eigenvalue weighted by Crippen LogP contribution is -2.50. The molecule has 19 heavy (non-hydrogen) atoms. The van der Waals surface area contributed by atoms with Crippen molar-refractivity contribution >= 4 is 5.97 Å². The molecule has 2 aliphatic rings. The van der Waals surface area contributed by atoms with Crippen LogP contribution < -0.4 is 5.32 Å². The molecule has 2 rings (SSSR count). The fourth-order valence-electron chi connectivity index (χ4n) is 3.38. The molecule has 0 heterocycles. The summed E-state index contributed by atoms with van der Waals surface area (Å²) in [7, 11) is 3.37. The average Bonchev–Trinajstić information content (AvgIpc) is 3.14.